The third kappa shape index (κ3) is 4.27. The number of anilines is 3. The number of nitrogens with two attached hydrogens (primary N) is 1. The Labute approximate surface area is 188 Å². The summed E-state index contributed by atoms with van der Waals surface area (Å²) >= 11 is 1.44. The fourth-order valence-corrected chi connectivity index (χ4v) is 4.12. The number of fused-ring (bicyclic) bond motifs is 1. The Balaban J connectivity index is 1.28. The van der Waals surface area contributed by atoms with Crippen molar-refractivity contribution in [2.75, 3.05) is 17.2 Å². The predicted octanol–water partition coefficient (Wildman–Crippen LogP) is 3.29. The number of benzene rings is 2. The molecule has 10 heteroatoms. The Morgan fingerprint density at radius 3 is 3.00 bits per heavy atom. The average Bonchev–Trinajstić information content (AvgIpc) is 3.55. The van der Waals surface area contributed by atoms with E-state index in [1.54, 1.807) is 10.9 Å². The lowest BCUT2D eigenvalue weighted by Gasteiger charge is -2.05. The maximum atomic E-state index is 12.5. The van der Waals surface area contributed by atoms with E-state index in [1.165, 1.54) is 23.1 Å². The fraction of sp³-hybridized carbons (Fsp3) is 0.136. The van der Waals surface area contributed by atoms with E-state index in [9.17, 15) is 4.79 Å². The lowest BCUT2D eigenvalue weighted by Crippen LogP contribution is -2.12. The van der Waals surface area contributed by atoms with Gasteiger partial charge in [0.15, 0.2) is 0 Å². The maximum absolute atomic E-state index is 12.5. The van der Waals surface area contributed by atoms with Crippen molar-refractivity contribution in [2.45, 2.75) is 13.1 Å². The molecule has 0 aliphatic carbocycles. The van der Waals surface area contributed by atoms with Crippen LogP contribution in [0.25, 0.3) is 10.6 Å². The highest BCUT2D eigenvalue weighted by molar-refractivity contribution is 7.18. The number of rotatable bonds is 7. The molecule has 0 bridgehead atoms. The lowest BCUT2D eigenvalue weighted by molar-refractivity contribution is 0.102. The van der Waals surface area contributed by atoms with E-state index in [0.717, 1.165) is 28.4 Å². The summed E-state index contributed by atoms with van der Waals surface area (Å²) in [7, 11) is 0. The standard InChI is InChI=1S/C22H20N8OS/c23-6-7-30-13-17(12-25-30)20(31)26-18-3-1-2-14(8-18)21-28-29-22(32-21)27-19-5-4-15-10-24-11-16(15)9-19/h1-5,8-9,11-13H,6-7,10,23H2,(H,26,31)(H,27,29). The van der Waals surface area contributed by atoms with E-state index in [2.05, 4.69) is 43.1 Å². The topological polar surface area (TPSA) is 123 Å². The van der Waals surface area contributed by atoms with Crippen LogP contribution in [0, 0.1) is 0 Å². The first-order chi connectivity index (χ1) is 15.7. The number of nitrogens with one attached hydrogen (secondary N) is 2. The van der Waals surface area contributed by atoms with Gasteiger partial charge in [0.2, 0.25) is 5.13 Å². The van der Waals surface area contributed by atoms with E-state index in [1.807, 2.05) is 36.5 Å². The van der Waals surface area contributed by atoms with Gasteiger partial charge in [0.05, 0.1) is 24.8 Å². The van der Waals surface area contributed by atoms with Gasteiger partial charge in [-0.05, 0) is 35.4 Å². The summed E-state index contributed by atoms with van der Waals surface area (Å²) in [6.07, 6.45) is 5.09. The molecule has 1 amide bonds. The predicted molar refractivity (Wildman–Crippen MR) is 126 cm³/mol. The van der Waals surface area contributed by atoms with Crippen molar-refractivity contribution in [3.8, 4) is 10.6 Å². The molecule has 32 heavy (non-hydrogen) atoms. The van der Waals surface area contributed by atoms with Crippen molar-refractivity contribution in [2.24, 2.45) is 10.7 Å². The normalized spacial score (nSPS) is 12.0. The molecule has 5 rings (SSSR count). The van der Waals surface area contributed by atoms with Gasteiger partial charge in [-0.2, -0.15) is 5.10 Å². The summed E-state index contributed by atoms with van der Waals surface area (Å²) in [5, 5.41) is 20.3. The van der Waals surface area contributed by atoms with Crippen molar-refractivity contribution in [3.63, 3.8) is 0 Å². The van der Waals surface area contributed by atoms with Crippen LogP contribution < -0.4 is 16.4 Å². The van der Waals surface area contributed by atoms with E-state index in [4.69, 9.17) is 5.73 Å². The van der Waals surface area contributed by atoms with Crippen molar-refractivity contribution in [1.82, 2.24) is 20.0 Å². The van der Waals surface area contributed by atoms with E-state index in [0.29, 0.717) is 29.5 Å². The quantitative estimate of drug-likeness (QED) is 0.402. The molecule has 0 atom stereocenters. The van der Waals surface area contributed by atoms with Crippen LogP contribution in [0.1, 0.15) is 21.5 Å². The zero-order valence-corrected chi connectivity index (χ0v) is 17.8. The minimum atomic E-state index is -0.231. The van der Waals surface area contributed by atoms with E-state index < -0.39 is 0 Å². The number of nitrogens with zero attached hydrogens (tertiary/aromatic N) is 5. The first-order valence-corrected chi connectivity index (χ1v) is 10.9. The monoisotopic (exact) mass is 444 g/mol. The summed E-state index contributed by atoms with van der Waals surface area (Å²) in [5.74, 6) is -0.231. The van der Waals surface area contributed by atoms with Crippen molar-refractivity contribution in [1.29, 1.82) is 0 Å². The second-order valence-electron chi connectivity index (χ2n) is 7.24. The SMILES string of the molecule is NCCn1cc(C(=O)Nc2cccc(-c3nnc(Nc4ccc5c(c4)C=NC5)s3)c2)cn1. The Kier molecular flexibility index (Phi) is 5.44. The van der Waals surface area contributed by atoms with E-state index in [-0.39, 0.29) is 5.91 Å². The highest BCUT2D eigenvalue weighted by Gasteiger charge is 2.12. The largest absolute Gasteiger partial charge is 0.330 e. The van der Waals surface area contributed by atoms with Crippen molar-refractivity contribution >= 4 is 40.0 Å². The number of aromatic nitrogens is 4. The Morgan fingerprint density at radius 2 is 2.09 bits per heavy atom. The van der Waals surface area contributed by atoms with Crippen molar-refractivity contribution < 1.29 is 4.79 Å². The van der Waals surface area contributed by atoms with Crippen LogP contribution in [0.2, 0.25) is 0 Å². The number of hydrogen-bond acceptors (Lipinski definition) is 8. The molecule has 160 valence electrons. The molecule has 2 aromatic carbocycles. The molecular formula is C22H20N8OS. The second kappa shape index (κ2) is 8.69. The number of amides is 1. The molecule has 0 radical (unpaired) electrons. The molecule has 0 spiro atoms. The molecule has 1 aliphatic rings. The molecular weight excluding hydrogens is 424 g/mol. The Morgan fingerprint density at radius 1 is 1.16 bits per heavy atom. The minimum Gasteiger partial charge on any atom is -0.330 e. The molecule has 0 unspecified atom stereocenters. The Hall–Kier alpha value is -3.89. The molecule has 1 aliphatic heterocycles. The number of carbonyl (C=O) groups is 1. The Bertz CT molecular complexity index is 1310. The van der Waals surface area contributed by atoms with Gasteiger partial charge >= 0.3 is 0 Å². The molecule has 4 N–H and O–H groups in total. The second-order valence-corrected chi connectivity index (χ2v) is 8.21. The fourth-order valence-electron chi connectivity index (χ4n) is 3.36. The van der Waals surface area contributed by atoms with Gasteiger partial charge in [0.1, 0.15) is 5.01 Å². The number of hydrogen-bond donors (Lipinski definition) is 3. The maximum Gasteiger partial charge on any atom is 0.258 e. The molecule has 0 saturated carbocycles. The van der Waals surface area contributed by atoms with Crippen molar-refractivity contribution in [3.05, 3.63) is 71.5 Å². The number of carbonyl (C=O) groups excluding carboxylic acids is 1. The zero-order valence-electron chi connectivity index (χ0n) is 17.0. The van der Waals surface area contributed by atoms with Gasteiger partial charge in [0.25, 0.3) is 5.91 Å². The summed E-state index contributed by atoms with van der Waals surface area (Å²) in [6.45, 7) is 1.76. The van der Waals surface area contributed by atoms with Gasteiger partial charge in [-0.25, -0.2) is 0 Å². The molecule has 0 saturated heterocycles. The molecule has 9 nitrogen and oxygen atoms in total. The molecule has 3 heterocycles. The summed E-state index contributed by atoms with van der Waals surface area (Å²) in [6, 6.07) is 13.6. The zero-order chi connectivity index (χ0) is 21.9. The minimum absolute atomic E-state index is 0.231. The third-order valence-electron chi connectivity index (χ3n) is 4.94. The summed E-state index contributed by atoms with van der Waals surface area (Å²) in [4.78, 5) is 16.8. The molecule has 0 fully saturated rings. The molecule has 4 aromatic rings. The highest BCUT2D eigenvalue weighted by Crippen LogP contribution is 2.30. The lowest BCUT2D eigenvalue weighted by atomic mass is 10.1. The van der Waals surface area contributed by atoms with Gasteiger partial charge in [-0.3, -0.25) is 14.5 Å². The van der Waals surface area contributed by atoms with Crippen LogP contribution in [-0.4, -0.2) is 38.6 Å². The van der Waals surface area contributed by atoms with Gasteiger partial charge in [-0.1, -0.05) is 29.5 Å². The van der Waals surface area contributed by atoms with Crippen LogP contribution in [0.15, 0.2) is 59.9 Å². The van der Waals surface area contributed by atoms with Gasteiger partial charge < -0.3 is 16.4 Å². The van der Waals surface area contributed by atoms with E-state index >= 15 is 0 Å². The summed E-state index contributed by atoms with van der Waals surface area (Å²) < 4.78 is 1.65. The van der Waals surface area contributed by atoms with Crippen LogP contribution >= 0.6 is 11.3 Å². The molecule has 2 aromatic heterocycles. The smallest absolute Gasteiger partial charge is 0.258 e. The summed E-state index contributed by atoms with van der Waals surface area (Å²) in [5.41, 5.74) is 10.8. The van der Waals surface area contributed by atoms with Gasteiger partial charge in [0, 0.05) is 35.9 Å². The van der Waals surface area contributed by atoms with Crippen LogP contribution in [0.4, 0.5) is 16.5 Å². The van der Waals surface area contributed by atoms with Crippen LogP contribution in [0.3, 0.4) is 0 Å². The third-order valence-corrected chi connectivity index (χ3v) is 5.82. The first-order valence-electron chi connectivity index (χ1n) is 10.1. The van der Waals surface area contributed by atoms with Crippen LogP contribution in [0.5, 0.6) is 0 Å². The highest BCUT2D eigenvalue weighted by atomic mass is 32.1. The van der Waals surface area contributed by atoms with Crippen LogP contribution in [-0.2, 0) is 13.1 Å². The first kappa shape index (κ1) is 20.0. The average molecular weight is 445 g/mol. The number of aliphatic imine (C=N–C) groups is 1. The van der Waals surface area contributed by atoms with Gasteiger partial charge in [-0.15, -0.1) is 10.2 Å².